The fraction of sp³-hybridized carbons (Fsp3) is 0.355. The summed E-state index contributed by atoms with van der Waals surface area (Å²) in [5.74, 6) is 3.59. The van der Waals surface area contributed by atoms with Crippen LogP contribution in [0.5, 0.6) is 5.75 Å². The van der Waals surface area contributed by atoms with Crippen LogP contribution < -0.4 is 15.0 Å². The van der Waals surface area contributed by atoms with E-state index in [9.17, 15) is 4.79 Å². The molecular formula is C31H35N4O2S+. The van der Waals surface area contributed by atoms with Gasteiger partial charge >= 0.3 is 5.12 Å². The number of methoxy groups -OCH3 is 1. The van der Waals surface area contributed by atoms with Crippen molar-refractivity contribution in [2.75, 3.05) is 43.1 Å². The predicted octanol–water partition coefficient (Wildman–Crippen LogP) is 4.63. The third-order valence-electron chi connectivity index (χ3n) is 8.02. The van der Waals surface area contributed by atoms with Crippen LogP contribution in [0.2, 0.25) is 0 Å². The zero-order valence-corrected chi connectivity index (χ0v) is 23.2. The second-order valence-electron chi connectivity index (χ2n) is 10.3. The van der Waals surface area contributed by atoms with Gasteiger partial charge in [0.05, 0.1) is 23.5 Å². The van der Waals surface area contributed by atoms with Gasteiger partial charge in [-0.3, -0.25) is 0 Å². The summed E-state index contributed by atoms with van der Waals surface area (Å²) in [5.41, 5.74) is 8.08. The van der Waals surface area contributed by atoms with Crippen molar-refractivity contribution in [2.24, 2.45) is 0 Å². The summed E-state index contributed by atoms with van der Waals surface area (Å²) < 4.78 is 7.87. The number of benzene rings is 2. The Labute approximate surface area is 227 Å². The molecule has 1 saturated heterocycles. The summed E-state index contributed by atoms with van der Waals surface area (Å²) in [5, 5.41) is 4.74. The first-order valence-corrected chi connectivity index (χ1v) is 15.0. The standard InChI is InChI=1S/C31H35N4O2S/c1-21-22(2)35(19-23-7-6-10-26(17-23)37-3)29-27(21)18-28(31(36)38-15-12-32-13-16-38)33-30(29)34-14-11-24-8-4-5-9-25(24)20-34/h4-10,17-18,32H,11-16,19-20H2,1-3H3/q+1. The molecule has 6 rings (SSSR count). The monoisotopic (exact) mass is 527 g/mol. The van der Waals surface area contributed by atoms with Gasteiger partial charge in [-0.1, -0.05) is 36.4 Å². The number of fused-ring (bicyclic) bond motifs is 2. The van der Waals surface area contributed by atoms with Crippen LogP contribution in [0.4, 0.5) is 5.82 Å². The van der Waals surface area contributed by atoms with E-state index in [0.29, 0.717) is 5.69 Å². The molecule has 1 N–H and O–H groups in total. The Hall–Kier alpha value is -3.29. The Balaban J connectivity index is 1.50. The van der Waals surface area contributed by atoms with Crippen LogP contribution in [-0.2, 0) is 30.4 Å². The molecule has 0 saturated carbocycles. The third-order valence-corrected chi connectivity index (χ3v) is 10.2. The van der Waals surface area contributed by atoms with Gasteiger partial charge < -0.3 is 19.5 Å². The molecule has 4 heterocycles. The molecule has 0 aliphatic carbocycles. The summed E-state index contributed by atoms with van der Waals surface area (Å²) >= 11 is 0. The summed E-state index contributed by atoms with van der Waals surface area (Å²) in [6.45, 7) is 8.57. The number of nitrogens with zero attached hydrogens (tertiary/aromatic N) is 3. The highest BCUT2D eigenvalue weighted by atomic mass is 32.2. The normalized spacial score (nSPS) is 16.0. The van der Waals surface area contributed by atoms with Gasteiger partial charge in [0.25, 0.3) is 0 Å². The number of carbonyl (C=O) groups excluding carboxylic acids is 1. The molecule has 2 aromatic heterocycles. The van der Waals surface area contributed by atoms with Crippen molar-refractivity contribution in [1.82, 2.24) is 14.9 Å². The molecular weight excluding hydrogens is 492 g/mol. The Morgan fingerprint density at radius 1 is 1.05 bits per heavy atom. The molecule has 0 amide bonds. The Morgan fingerprint density at radius 2 is 1.84 bits per heavy atom. The van der Waals surface area contributed by atoms with E-state index in [0.717, 1.165) is 73.1 Å². The van der Waals surface area contributed by atoms with Crippen molar-refractivity contribution in [3.63, 3.8) is 0 Å². The van der Waals surface area contributed by atoms with Crippen LogP contribution in [0.15, 0.2) is 54.6 Å². The quantitative estimate of drug-likeness (QED) is 0.384. The van der Waals surface area contributed by atoms with Gasteiger partial charge in [-0.05, 0) is 60.7 Å². The molecule has 38 heavy (non-hydrogen) atoms. The van der Waals surface area contributed by atoms with Gasteiger partial charge in [0, 0.05) is 43.8 Å². The van der Waals surface area contributed by atoms with E-state index in [1.54, 1.807) is 7.11 Å². The van der Waals surface area contributed by atoms with Gasteiger partial charge in [-0.2, -0.15) is 0 Å². The van der Waals surface area contributed by atoms with E-state index in [-0.39, 0.29) is 16.0 Å². The molecule has 0 spiro atoms. The van der Waals surface area contributed by atoms with Gasteiger partial charge in [-0.15, -0.1) is 0 Å². The molecule has 0 unspecified atom stereocenters. The molecule has 6 nitrogen and oxygen atoms in total. The molecule has 196 valence electrons. The number of ether oxygens (including phenoxy) is 1. The number of aromatic nitrogens is 2. The van der Waals surface area contributed by atoms with Crippen molar-refractivity contribution in [3.8, 4) is 5.75 Å². The summed E-state index contributed by atoms with van der Waals surface area (Å²) in [4.78, 5) is 21.3. The van der Waals surface area contributed by atoms with E-state index in [2.05, 4.69) is 71.1 Å². The minimum atomic E-state index is -0.276. The lowest BCUT2D eigenvalue weighted by Crippen LogP contribution is -2.40. The van der Waals surface area contributed by atoms with E-state index in [1.807, 2.05) is 12.1 Å². The van der Waals surface area contributed by atoms with Gasteiger partial charge in [-0.25, -0.2) is 9.78 Å². The average Bonchev–Trinajstić information content (AvgIpc) is 3.21. The highest BCUT2D eigenvalue weighted by Crippen LogP contribution is 2.36. The number of nitrogens with one attached hydrogen (secondary N) is 1. The van der Waals surface area contributed by atoms with E-state index in [4.69, 9.17) is 9.72 Å². The maximum absolute atomic E-state index is 13.7. The smallest absolute Gasteiger partial charge is 0.380 e. The van der Waals surface area contributed by atoms with Gasteiger partial charge in [0.1, 0.15) is 17.3 Å². The topological polar surface area (TPSA) is 59.4 Å². The number of carbonyl (C=O) groups is 1. The summed E-state index contributed by atoms with van der Waals surface area (Å²) in [6.07, 6.45) is 0.974. The maximum Gasteiger partial charge on any atom is 0.380 e. The van der Waals surface area contributed by atoms with Crippen LogP contribution in [-0.4, -0.2) is 52.9 Å². The second kappa shape index (κ2) is 10.5. The minimum Gasteiger partial charge on any atom is -0.497 e. The first kappa shape index (κ1) is 25.0. The molecule has 2 aliphatic heterocycles. The number of pyridine rings is 1. The van der Waals surface area contributed by atoms with Crippen molar-refractivity contribution >= 4 is 32.7 Å². The Morgan fingerprint density at radius 3 is 2.63 bits per heavy atom. The number of anilines is 1. The molecule has 4 aromatic rings. The molecule has 2 aromatic carbocycles. The van der Waals surface area contributed by atoms with Crippen LogP contribution in [0, 0.1) is 13.8 Å². The highest BCUT2D eigenvalue weighted by molar-refractivity contribution is 8.11. The lowest BCUT2D eigenvalue weighted by atomic mass is 10.00. The predicted molar refractivity (Wildman–Crippen MR) is 157 cm³/mol. The number of hydrogen-bond donors (Lipinski definition) is 1. The lowest BCUT2D eigenvalue weighted by Gasteiger charge is -2.31. The van der Waals surface area contributed by atoms with Crippen molar-refractivity contribution in [2.45, 2.75) is 33.4 Å². The Kier molecular flexibility index (Phi) is 6.89. The van der Waals surface area contributed by atoms with Crippen LogP contribution in [0.25, 0.3) is 10.9 Å². The van der Waals surface area contributed by atoms with Crippen molar-refractivity contribution in [3.05, 3.63) is 88.2 Å². The number of aryl methyl sites for hydroxylation is 1. The molecule has 0 bridgehead atoms. The van der Waals surface area contributed by atoms with E-state index < -0.39 is 0 Å². The summed E-state index contributed by atoms with van der Waals surface area (Å²) in [6, 6.07) is 19.0. The average molecular weight is 528 g/mol. The fourth-order valence-corrected chi connectivity index (χ4v) is 7.50. The Bertz CT molecular complexity index is 1510. The van der Waals surface area contributed by atoms with Gasteiger partial charge in [0.2, 0.25) is 0 Å². The van der Waals surface area contributed by atoms with Crippen LogP contribution in [0.1, 0.15) is 38.4 Å². The third kappa shape index (κ3) is 4.58. The zero-order valence-electron chi connectivity index (χ0n) is 22.4. The van der Waals surface area contributed by atoms with Crippen LogP contribution in [0.3, 0.4) is 0 Å². The summed E-state index contributed by atoms with van der Waals surface area (Å²) in [7, 11) is 1.43. The van der Waals surface area contributed by atoms with E-state index in [1.165, 1.54) is 27.9 Å². The minimum absolute atomic E-state index is 0.213. The number of rotatable bonds is 5. The maximum atomic E-state index is 13.7. The zero-order chi connectivity index (χ0) is 26.2. The molecule has 1 fully saturated rings. The largest absolute Gasteiger partial charge is 0.497 e. The fourth-order valence-electron chi connectivity index (χ4n) is 5.75. The van der Waals surface area contributed by atoms with Crippen molar-refractivity contribution < 1.29 is 9.53 Å². The SMILES string of the molecule is COc1cccc(Cn2c(C)c(C)c3cc(C(=O)[S+]4CCNCC4)nc(N4CCc5ccccc5C4)c32)c1. The van der Waals surface area contributed by atoms with E-state index >= 15 is 0 Å². The molecule has 2 aliphatic rings. The van der Waals surface area contributed by atoms with Gasteiger partial charge in [0.15, 0.2) is 11.5 Å². The second-order valence-corrected chi connectivity index (χ2v) is 12.4. The molecule has 7 heteroatoms. The molecule has 0 atom stereocenters. The van der Waals surface area contributed by atoms with Crippen molar-refractivity contribution in [1.29, 1.82) is 0 Å². The first-order chi connectivity index (χ1) is 18.5. The first-order valence-electron chi connectivity index (χ1n) is 13.4. The highest BCUT2D eigenvalue weighted by Gasteiger charge is 2.35. The van der Waals surface area contributed by atoms with Crippen LogP contribution >= 0.6 is 0 Å². The molecule has 0 radical (unpaired) electrons. The lowest BCUT2D eigenvalue weighted by molar-refractivity contribution is 0.108. The number of hydrogen-bond acceptors (Lipinski definition) is 5.